The van der Waals surface area contributed by atoms with Crippen LogP contribution in [0.15, 0.2) is 24.3 Å². The van der Waals surface area contributed by atoms with Gasteiger partial charge >= 0.3 is 6.09 Å². The summed E-state index contributed by atoms with van der Waals surface area (Å²) in [4.78, 5) is 24.9. The van der Waals surface area contributed by atoms with Gasteiger partial charge < -0.3 is 9.84 Å². The molecule has 0 bridgehead atoms. The number of hydrogen-bond acceptors (Lipinski definition) is 5. The Labute approximate surface area is 128 Å². The minimum absolute atomic E-state index is 0.0533. The summed E-state index contributed by atoms with van der Waals surface area (Å²) in [5.41, 5.74) is 0.391. The lowest BCUT2D eigenvalue weighted by Crippen LogP contribution is -2.39. The van der Waals surface area contributed by atoms with Gasteiger partial charge in [0.1, 0.15) is 0 Å². The van der Waals surface area contributed by atoms with Crippen LogP contribution < -0.4 is 4.90 Å². The van der Waals surface area contributed by atoms with E-state index in [-0.39, 0.29) is 5.69 Å². The zero-order valence-electron chi connectivity index (χ0n) is 12.2. The van der Waals surface area contributed by atoms with Gasteiger partial charge in [0.15, 0.2) is 0 Å². The highest BCUT2D eigenvalue weighted by atomic mass is 16.6. The van der Waals surface area contributed by atoms with E-state index >= 15 is 0 Å². The number of carbonyl (C=O) groups is 1. The van der Waals surface area contributed by atoms with Crippen molar-refractivity contribution in [3.63, 3.8) is 0 Å². The molecular weight excluding hydrogens is 290 g/mol. The molecule has 1 fully saturated rings. The lowest BCUT2D eigenvalue weighted by molar-refractivity contribution is -0.384. The second-order valence-electron chi connectivity index (χ2n) is 5.02. The Hall–Kier alpha value is -2.19. The molecule has 1 heterocycles. The van der Waals surface area contributed by atoms with Gasteiger partial charge in [0.25, 0.3) is 5.69 Å². The van der Waals surface area contributed by atoms with E-state index in [1.807, 2.05) is 0 Å². The van der Waals surface area contributed by atoms with E-state index in [1.54, 1.807) is 0 Å². The van der Waals surface area contributed by atoms with Crippen molar-refractivity contribution in [1.29, 1.82) is 0 Å². The van der Waals surface area contributed by atoms with Gasteiger partial charge in [0, 0.05) is 44.0 Å². The number of morpholine rings is 1. The molecule has 0 aliphatic carbocycles. The van der Waals surface area contributed by atoms with Crippen LogP contribution >= 0.6 is 0 Å². The van der Waals surface area contributed by atoms with E-state index in [0.29, 0.717) is 31.9 Å². The fourth-order valence-corrected chi connectivity index (χ4v) is 2.37. The lowest BCUT2D eigenvalue weighted by atomic mass is 10.2. The molecule has 1 N–H and O–H groups in total. The largest absolute Gasteiger partial charge is 0.465 e. The van der Waals surface area contributed by atoms with Gasteiger partial charge in [-0.15, -0.1) is 0 Å². The van der Waals surface area contributed by atoms with E-state index < -0.39 is 11.0 Å². The molecule has 1 saturated heterocycles. The van der Waals surface area contributed by atoms with E-state index in [4.69, 9.17) is 4.74 Å². The quantitative estimate of drug-likeness (QED) is 0.636. The van der Waals surface area contributed by atoms with Crippen LogP contribution in [0.5, 0.6) is 0 Å². The van der Waals surface area contributed by atoms with Crippen molar-refractivity contribution < 1.29 is 19.6 Å². The third-order valence-electron chi connectivity index (χ3n) is 3.56. The smallest absolute Gasteiger partial charge is 0.411 e. The molecule has 8 heteroatoms. The molecule has 1 aliphatic rings. The van der Waals surface area contributed by atoms with E-state index in [2.05, 4.69) is 4.90 Å². The van der Waals surface area contributed by atoms with Gasteiger partial charge in [0.2, 0.25) is 0 Å². The molecule has 22 heavy (non-hydrogen) atoms. The standard InChI is InChI=1S/C14H19N3O5/c18-14(19)16(7-1-6-15-8-10-22-11-9-15)12-2-4-13(5-3-12)17(20)21/h2-5H,1,6-11H2,(H,18,19). The third-order valence-corrected chi connectivity index (χ3v) is 3.56. The minimum atomic E-state index is -1.06. The van der Waals surface area contributed by atoms with Crippen molar-refractivity contribution in [2.24, 2.45) is 0 Å². The maximum absolute atomic E-state index is 11.4. The molecule has 1 aromatic rings. The number of nitro groups is 1. The van der Waals surface area contributed by atoms with Crippen molar-refractivity contribution in [1.82, 2.24) is 4.90 Å². The van der Waals surface area contributed by atoms with Gasteiger partial charge in [0.05, 0.1) is 18.1 Å². The summed E-state index contributed by atoms with van der Waals surface area (Å²) in [7, 11) is 0. The summed E-state index contributed by atoms with van der Waals surface area (Å²) in [6.07, 6.45) is -0.362. The molecule has 1 aromatic carbocycles. The van der Waals surface area contributed by atoms with Crippen LogP contribution in [-0.4, -0.2) is 60.4 Å². The number of amides is 1. The van der Waals surface area contributed by atoms with E-state index in [9.17, 15) is 20.0 Å². The van der Waals surface area contributed by atoms with Gasteiger partial charge in [-0.05, 0) is 18.6 Å². The van der Waals surface area contributed by atoms with E-state index in [0.717, 1.165) is 19.6 Å². The average molecular weight is 309 g/mol. The van der Waals surface area contributed by atoms with Crippen LogP contribution in [0.25, 0.3) is 0 Å². The SMILES string of the molecule is O=C(O)N(CCCN1CCOCC1)c1ccc([N+](=O)[O-])cc1. The number of non-ortho nitro benzene ring substituents is 1. The maximum atomic E-state index is 11.4. The van der Waals surface area contributed by atoms with Gasteiger partial charge in [-0.3, -0.25) is 19.9 Å². The molecule has 0 saturated carbocycles. The number of ether oxygens (including phenoxy) is 1. The second-order valence-corrected chi connectivity index (χ2v) is 5.02. The summed E-state index contributed by atoms with van der Waals surface area (Å²) in [5.74, 6) is 0. The molecule has 8 nitrogen and oxygen atoms in total. The highest BCUT2D eigenvalue weighted by Crippen LogP contribution is 2.19. The molecule has 120 valence electrons. The Morgan fingerprint density at radius 3 is 2.50 bits per heavy atom. The average Bonchev–Trinajstić information content (AvgIpc) is 2.52. The Morgan fingerprint density at radius 2 is 1.95 bits per heavy atom. The summed E-state index contributed by atoms with van der Waals surface area (Å²) in [6, 6.07) is 5.54. The number of anilines is 1. The Balaban J connectivity index is 1.91. The van der Waals surface area contributed by atoms with Crippen molar-refractivity contribution in [2.75, 3.05) is 44.3 Å². The molecule has 0 aromatic heterocycles. The van der Waals surface area contributed by atoms with Gasteiger partial charge in [-0.25, -0.2) is 4.79 Å². The summed E-state index contributed by atoms with van der Waals surface area (Å²) in [5, 5.41) is 19.9. The Morgan fingerprint density at radius 1 is 1.32 bits per heavy atom. The van der Waals surface area contributed by atoms with Crippen molar-refractivity contribution in [3.05, 3.63) is 34.4 Å². The first-order valence-electron chi connectivity index (χ1n) is 7.13. The Bertz CT molecular complexity index is 514. The second kappa shape index (κ2) is 7.71. The van der Waals surface area contributed by atoms with Gasteiger partial charge in [-0.2, -0.15) is 0 Å². The number of nitro benzene ring substituents is 1. The van der Waals surface area contributed by atoms with Crippen molar-refractivity contribution in [2.45, 2.75) is 6.42 Å². The van der Waals surface area contributed by atoms with Crippen LogP contribution in [0.3, 0.4) is 0 Å². The number of hydrogen-bond donors (Lipinski definition) is 1. The van der Waals surface area contributed by atoms with Crippen LogP contribution in [0.2, 0.25) is 0 Å². The molecule has 0 unspecified atom stereocenters. The number of benzene rings is 1. The molecular formula is C14H19N3O5. The zero-order valence-corrected chi connectivity index (χ0v) is 12.2. The van der Waals surface area contributed by atoms with Crippen molar-refractivity contribution >= 4 is 17.5 Å². The Kier molecular flexibility index (Phi) is 5.68. The fourth-order valence-electron chi connectivity index (χ4n) is 2.37. The van der Waals surface area contributed by atoms with Crippen LogP contribution in [0, 0.1) is 10.1 Å². The number of rotatable bonds is 6. The number of carboxylic acid groups (broad SMARTS) is 1. The highest BCUT2D eigenvalue weighted by molar-refractivity contribution is 5.86. The molecule has 0 radical (unpaired) electrons. The highest BCUT2D eigenvalue weighted by Gasteiger charge is 2.17. The zero-order chi connectivity index (χ0) is 15.9. The first kappa shape index (κ1) is 16.2. The van der Waals surface area contributed by atoms with Gasteiger partial charge in [-0.1, -0.05) is 0 Å². The predicted octanol–water partition coefficient (Wildman–Crippen LogP) is 1.80. The monoisotopic (exact) mass is 309 g/mol. The summed E-state index contributed by atoms with van der Waals surface area (Å²) in [6.45, 7) is 4.32. The first-order chi connectivity index (χ1) is 10.6. The van der Waals surface area contributed by atoms with Crippen LogP contribution in [-0.2, 0) is 4.74 Å². The van der Waals surface area contributed by atoms with Crippen LogP contribution in [0.4, 0.5) is 16.2 Å². The minimum Gasteiger partial charge on any atom is -0.465 e. The summed E-state index contributed by atoms with van der Waals surface area (Å²) >= 11 is 0. The molecule has 0 atom stereocenters. The lowest BCUT2D eigenvalue weighted by Gasteiger charge is -2.27. The van der Waals surface area contributed by atoms with E-state index in [1.165, 1.54) is 29.2 Å². The maximum Gasteiger partial charge on any atom is 0.411 e. The van der Waals surface area contributed by atoms with Crippen LogP contribution in [0.1, 0.15) is 6.42 Å². The molecule has 1 aliphatic heterocycles. The topological polar surface area (TPSA) is 96.2 Å². The van der Waals surface area contributed by atoms with Crippen molar-refractivity contribution in [3.8, 4) is 0 Å². The number of nitrogens with zero attached hydrogens (tertiary/aromatic N) is 3. The molecule has 2 rings (SSSR count). The predicted molar refractivity (Wildman–Crippen MR) is 80.3 cm³/mol. The normalized spacial score (nSPS) is 15.5. The first-order valence-corrected chi connectivity index (χ1v) is 7.13. The molecule has 1 amide bonds. The summed E-state index contributed by atoms with van der Waals surface area (Å²) < 4.78 is 5.26. The molecule has 0 spiro atoms. The fraction of sp³-hybridized carbons (Fsp3) is 0.500. The third kappa shape index (κ3) is 4.40.